The third kappa shape index (κ3) is 4.38. The van der Waals surface area contributed by atoms with Gasteiger partial charge in [0.25, 0.3) is 0 Å². The molecule has 0 fully saturated rings. The van der Waals surface area contributed by atoms with Gasteiger partial charge in [0.05, 0.1) is 0 Å². The third-order valence-corrected chi connectivity index (χ3v) is 7.02. The molecule has 0 radical (unpaired) electrons. The average Bonchev–Trinajstić information content (AvgIpc) is 3.24. The number of amides is 1. The Bertz CT molecular complexity index is 1230. The lowest BCUT2D eigenvalue weighted by Crippen LogP contribution is -2.42. The third-order valence-electron chi connectivity index (χ3n) is 7.02. The first-order valence-electron chi connectivity index (χ1n) is 12.0. The lowest BCUT2D eigenvalue weighted by atomic mass is 9.72. The van der Waals surface area contributed by atoms with Gasteiger partial charge in [-0.3, -0.25) is 0 Å². The highest BCUT2D eigenvalue weighted by molar-refractivity contribution is 5.79. The van der Waals surface area contributed by atoms with E-state index in [2.05, 4.69) is 72.6 Å². The molecule has 5 rings (SSSR count). The summed E-state index contributed by atoms with van der Waals surface area (Å²) in [6.45, 7) is 4.71. The summed E-state index contributed by atoms with van der Waals surface area (Å²) in [5.41, 5.74) is 6.67. The molecule has 4 aromatic carbocycles. The molecule has 0 unspecified atom stereocenters. The minimum Gasteiger partial charge on any atom is -0.449 e. The molecule has 35 heavy (non-hydrogen) atoms. The fourth-order valence-corrected chi connectivity index (χ4v) is 5.31. The van der Waals surface area contributed by atoms with Gasteiger partial charge in [0.1, 0.15) is 6.61 Å². The molecule has 0 atom stereocenters. The van der Waals surface area contributed by atoms with Crippen molar-refractivity contribution in [1.82, 2.24) is 5.32 Å². The van der Waals surface area contributed by atoms with Gasteiger partial charge in [-0.1, -0.05) is 115 Å². The van der Waals surface area contributed by atoms with Crippen molar-refractivity contribution in [1.29, 1.82) is 0 Å². The van der Waals surface area contributed by atoms with Crippen LogP contribution in [0.25, 0.3) is 11.1 Å². The maximum absolute atomic E-state index is 13.0. The summed E-state index contributed by atoms with van der Waals surface area (Å²) < 4.78 is 5.81. The van der Waals surface area contributed by atoms with Crippen LogP contribution in [-0.2, 0) is 10.2 Å². The highest BCUT2D eigenvalue weighted by Crippen LogP contribution is 2.44. The number of rotatable bonds is 8. The van der Waals surface area contributed by atoms with Gasteiger partial charge in [0.2, 0.25) is 0 Å². The molecule has 3 heteroatoms. The number of carbonyl (C=O) groups excluding carboxylic acids is 1. The van der Waals surface area contributed by atoms with E-state index in [1.165, 1.54) is 22.3 Å². The van der Waals surface area contributed by atoms with Crippen molar-refractivity contribution >= 4 is 6.09 Å². The molecule has 0 saturated carbocycles. The van der Waals surface area contributed by atoms with Gasteiger partial charge >= 0.3 is 6.09 Å². The van der Waals surface area contributed by atoms with Gasteiger partial charge in [0, 0.05) is 17.9 Å². The number of allylic oxidation sites excluding steroid dienone is 1. The van der Waals surface area contributed by atoms with Crippen LogP contribution in [0.1, 0.15) is 34.6 Å². The number of benzene rings is 4. The van der Waals surface area contributed by atoms with Crippen LogP contribution in [0.2, 0.25) is 0 Å². The Hall–Kier alpha value is -4.11. The Morgan fingerprint density at radius 3 is 1.77 bits per heavy atom. The van der Waals surface area contributed by atoms with Gasteiger partial charge in [0.15, 0.2) is 0 Å². The van der Waals surface area contributed by atoms with Gasteiger partial charge in [-0.2, -0.15) is 0 Å². The van der Waals surface area contributed by atoms with Crippen LogP contribution in [-0.4, -0.2) is 19.2 Å². The van der Waals surface area contributed by atoms with E-state index >= 15 is 0 Å². The lowest BCUT2D eigenvalue weighted by Gasteiger charge is -2.34. The first-order valence-corrected chi connectivity index (χ1v) is 12.0. The monoisotopic (exact) mass is 459 g/mol. The van der Waals surface area contributed by atoms with Crippen molar-refractivity contribution < 1.29 is 9.53 Å². The molecule has 0 spiro atoms. The molecule has 1 aliphatic rings. The van der Waals surface area contributed by atoms with Crippen molar-refractivity contribution in [3.8, 4) is 11.1 Å². The largest absolute Gasteiger partial charge is 0.449 e. The van der Waals surface area contributed by atoms with Gasteiger partial charge in [-0.05, 0) is 39.8 Å². The second kappa shape index (κ2) is 10.0. The minimum atomic E-state index is -0.435. The maximum atomic E-state index is 13.0. The van der Waals surface area contributed by atoms with E-state index in [0.717, 1.165) is 11.1 Å². The molecule has 0 aromatic heterocycles. The highest BCUT2D eigenvalue weighted by atomic mass is 16.5. The normalized spacial score (nSPS) is 12.5. The summed E-state index contributed by atoms with van der Waals surface area (Å²) in [5.74, 6) is 0.0364. The van der Waals surface area contributed by atoms with E-state index in [1.54, 1.807) is 0 Å². The number of ether oxygens (including phenoxy) is 1. The summed E-state index contributed by atoms with van der Waals surface area (Å²) in [4.78, 5) is 13.0. The SMILES string of the molecule is C=CCC(CNC(=O)OCC1c2ccccc2-c2ccccc21)(c1ccccc1)c1ccccc1. The summed E-state index contributed by atoms with van der Waals surface area (Å²) in [7, 11) is 0. The second-order valence-electron chi connectivity index (χ2n) is 8.99. The molecule has 3 nitrogen and oxygen atoms in total. The number of hydrogen-bond donors (Lipinski definition) is 1. The summed E-state index contributed by atoms with van der Waals surface area (Å²) >= 11 is 0. The first-order chi connectivity index (χ1) is 17.2. The average molecular weight is 460 g/mol. The summed E-state index contributed by atoms with van der Waals surface area (Å²) in [6, 6.07) is 37.3. The molecule has 4 aromatic rings. The van der Waals surface area contributed by atoms with Crippen LogP contribution in [0.4, 0.5) is 4.79 Å². The molecule has 0 aliphatic heterocycles. The van der Waals surface area contributed by atoms with E-state index in [1.807, 2.05) is 54.6 Å². The van der Waals surface area contributed by atoms with Crippen molar-refractivity contribution in [2.24, 2.45) is 0 Å². The van der Waals surface area contributed by atoms with Crippen LogP contribution in [0.3, 0.4) is 0 Å². The van der Waals surface area contributed by atoms with Gasteiger partial charge in [-0.25, -0.2) is 4.79 Å². The maximum Gasteiger partial charge on any atom is 0.407 e. The Morgan fingerprint density at radius 1 is 0.771 bits per heavy atom. The Morgan fingerprint density at radius 2 is 1.26 bits per heavy atom. The molecule has 0 saturated heterocycles. The lowest BCUT2D eigenvalue weighted by molar-refractivity contribution is 0.141. The fraction of sp³-hybridized carbons (Fsp3) is 0.156. The van der Waals surface area contributed by atoms with E-state index in [-0.39, 0.29) is 5.92 Å². The van der Waals surface area contributed by atoms with Crippen LogP contribution >= 0.6 is 0 Å². The molecule has 0 heterocycles. The Labute approximate surface area is 207 Å². The number of hydrogen-bond acceptors (Lipinski definition) is 2. The number of alkyl carbamates (subject to hydrolysis) is 1. The predicted octanol–water partition coefficient (Wildman–Crippen LogP) is 7.09. The zero-order chi connectivity index (χ0) is 24.1. The van der Waals surface area contributed by atoms with Crippen molar-refractivity contribution in [3.63, 3.8) is 0 Å². The quantitative estimate of drug-likeness (QED) is 0.286. The summed E-state index contributed by atoms with van der Waals surface area (Å²) in [6.07, 6.45) is 2.19. The molecule has 1 amide bonds. The van der Waals surface area contributed by atoms with E-state index in [4.69, 9.17) is 4.74 Å². The Kier molecular flexibility index (Phi) is 6.49. The zero-order valence-electron chi connectivity index (χ0n) is 19.7. The fourth-order valence-electron chi connectivity index (χ4n) is 5.31. The van der Waals surface area contributed by atoms with Crippen LogP contribution in [0, 0.1) is 0 Å². The predicted molar refractivity (Wildman–Crippen MR) is 142 cm³/mol. The van der Waals surface area contributed by atoms with Crippen LogP contribution < -0.4 is 5.32 Å². The Balaban J connectivity index is 1.35. The van der Waals surface area contributed by atoms with E-state index in [0.29, 0.717) is 19.6 Å². The topological polar surface area (TPSA) is 38.3 Å². The number of fused-ring (bicyclic) bond motifs is 3. The molecule has 1 N–H and O–H groups in total. The smallest absolute Gasteiger partial charge is 0.407 e. The van der Waals surface area contributed by atoms with Crippen molar-refractivity contribution in [3.05, 3.63) is 144 Å². The number of carbonyl (C=O) groups is 1. The molecular weight excluding hydrogens is 430 g/mol. The number of nitrogens with one attached hydrogen (secondary N) is 1. The highest BCUT2D eigenvalue weighted by Gasteiger charge is 2.34. The molecule has 0 bridgehead atoms. The van der Waals surface area contributed by atoms with Crippen LogP contribution in [0.5, 0.6) is 0 Å². The van der Waals surface area contributed by atoms with Gasteiger partial charge in [-0.15, -0.1) is 6.58 Å². The van der Waals surface area contributed by atoms with E-state index < -0.39 is 11.5 Å². The zero-order valence-corrected chi connectivity index (χ0v) is 19.7. The molecule has 1 aliphatic carbocycles. The standard InChI is InChI=1S/C32H29NO2/c1-2-21-32(24-13-5-3-6-14-24,25-15-7-4-8-16-25)23-33-31(34)35-22-30-28-19-11-9-17-26(28)27-18-10-12-20-29(27)30/h2-20,30H,1,21-23H2,(H,33,34). The van der Waals surface area contributed by atoms with Crippen molar-refractivity contribution in [2.75, 3.05) is 13.2 Å². The minimum absolute atomic E-state index is 0.0364. The summed E-state index contributed by atoms with van der Waals surface area (Å²) in [5, 5.41) is 3.07. The first kappa shape index (κ1) is 22.7. The molecule has 174 valence electrons. The van der Waals surface area contributed by atoms with Gasteiger partial charge < -0.3 is 10.1 Å². The van der Waals surface area contributed by atoms with Crippen LogP contribution in [0.15, 0.2) is 122 Å². The van der Waals surface area contributed by atoms with Crippen molar-refractivity contribution in [2.45, 2.75) is 17.8 Å². The molecular formula is C32H29NO2. The van der Waals surface area contributed by atoms with E-state index in [9.17, 15) is 4.79 Å². The second-order valence-corrected chi connectivity index (χ2v) is 8.99.